The maximum Gasteiger partial charge on any atom is 0.0604 e. The fourth-order valence-corrected chi connectivity index (χ4v) is 4.41. The fraction of sp³-hybridized carbons (Fsp3) is 1.00. The van der Waals surface area contributed by atoms with E-state index in [1.165, 1.54) is 37.2 Å². The minimum absolute atomic E-state index is 0.00468. The van der Waals surface area contributed by atoms with Crippen LogP contribution in [0.2, 0.25) is 0 Å². The molecule has 15 heavy (non-hydrogen) atoms. The Labute approximate surface area is 98.0 Å². The predicted octanol–water partition coefficient (Wildman–Crippen LogP) is 3.17. The molecule has 2 aliphatic rings. The van der Waals surface area contributed by atoms with Crippen molar-refractivity contribution >= 4 is 11.8 Å². The normalized spacial score (nSPS) is 44.2. The van der Waals surface area contributed by atoms with Crippen molar-refractivity contribution in [1.82, 2.24) is 0 Å². The molecule has 0 aromatic rings. The lowest BCUT2D eigenvalue weighted by molar-refractivity contribution is 0.0219. The molecule has 1 aliphatic heterocycles. The number of thioether (sulfide) groups is 1. The van der Waals surface area contributed by atoms with Crippen molar-refractivity contribution in [3.05, 3.63) is 0 Å². The lowest BCUT2D eigenvalue weighted by Gasteiger charge is -2.36. The Morgan fingerprint density at radius 3 is 2.47 bits per heavy atom. The molecule has 2 fully saturated rings. The summed E-state index contributed by atoms with van der Waals surface area (Å²) in [6.45, 7) is 4.71. The van der Waals surface area contributed by atoms with Gasteiger partial charge in [-0.05, 0) is 54.4 Å². The Morgan fingerprint density at radius 1 is 1.07 bits per heavy atom. The quantitative estimate of drug-likeness (QED) is 0.783. The van der Waals surface area contributed by atoms with Gasteiger partial charge in [-0.1, -0.05) is 20.3 Å². The molecule has 0 radical (unpaired) electrons. The highest BCUT2D eigenvalue weighted by atomic mass is 32.2. The van der Waals surface area contributed by atoms with Gasteiger partial charge in [0.05, 0.1) is 6.10 Å². The van der Waals surface area contributed by atoms with Crippen LogP contribution in [0.15, 0.2) is 0 Å². The van der Waals surface area contributed by atoms with Gasteiger partial charge in [-0.2, -0.15) is 11.8 Å². The van der Waals surface area contributed by atoms with Gasteiger partial charge in [-0.25, -0.2) is 0 Å². The third kappa shape index (κ3) is 2.71. The van der Waals surface area contributed by atoms with Crippen LogP contribution in [0.4, 0.5) is 0 Å². The van der Waals surface area contributed by atoms with Gasteiger partial charge in [-0.3, -0.25) is 0 Å². The molecule has 0 bridgehead atoms. The number of hydrogen-bond donors (Lipinski definition) is 1. The van der Waals surface area contributed by atoms with Crippen molar-refractivity contribution in [3.8, 4) is 0 Å². The minimum atomic E-state index is -0.00468. The van der Waals surface area contributed by atoms with Gasteiger partial charge in [-0.15, -0.1) is 0 Å². The van der Waals surface area contributed by atoms with E-state index >= 15 is 0 Å². The molecule has 1 heterocycles. The average Bonchev–Trinajstić information content (AvgIpc) is 2.74. The van der Waals surface area contributed by atoms with Crippen molar-refractivity contribution in [2.24, 2.45) is 23.7 Å². The smallest absolute Gasteiger partial charge is 0.0604 e. The standard InChI is InChI=1S/C13H24OS/c1-9-3-4-11(7-10(9)2)13(14)12-5-6-15-8-12/h9-14H,3-8H2,1-2H3. The zero-order valence-electron chi connectivity index (χ0n) is 9.98. The van der Waals surface area contributed by atoms with Crippen LogP contribution < -0.4 is 0 Å². The summed E-state index contributed by atoms with van der Waals surface area (Å²) in [5, 5.41) is 10.4. The van der Waals surface area contributed by atoms with Gasteiger partial charge in [0.25, 0.3) is 0 Å². The zero-order chi connectivity index (χ0) is 10.8. The van der Waals surface area contributed by atoms with Crippen LogP contribution in [-0.4, -0.2) is 22.7 Å². The highest BCUT2D eigenvalue weighted by molar-refractivity contribution is 7.99. The SMILES string of the molecule is CC1CCC(C(O)C2CCSC2)CC1C. The summed E-state index contributed by atoms with van der Waals surface area (Å²) in [7, 11) is 0. The highest BCUT2D eigenvalue weighted by Gasteiger charge is 2.34. The molecular formula is C13H24OS. The Kier molecular flexibility index (Phi) is 4.00. The lowest BCUT2D eigenvalue weighted by atomic mass is 9.72. The predicted molar refractivity (Wildman–Crippen MR) is 67.1 cm³/mol. The van der Waals surface area contributed by atoms with Crippen molar-refractivity contribution < 1.29 is 5.11 Å². The molecule has 88 valence electrons. The molecule has 2 heteroatoms. The maximum absolute atomic E-state index is 10.4. The molecule has 1 nitrogen and oxygen atoms in total. The summed E-state index contributed by atoms with van der Waals surface area (Å²) in [4.78, 5) is 0. The van der Waals surface area contributed by atoms with Crippen LogP contribution in [0.3, 0.4) is 0 Å². The maximum atomic E-state index is 10.4. The van der Waals surface area contributed by atoms with Crippen molar-refractivity contribution in [2.45, 2.75) is 45.6 Å². The van der Waals surface area contributed by atoms with Gasteiger partial charge >= 0.3 is 0 Å². The molecule has 0 spiro atoms. The first-order valence-electron chi connectivity index (χ1n) is 6.44. The molecular weight excluding hydrogens is 204 g/mol. The molecule has 1 saturated heterocycles. The first-order valence-corrected chi connectivity index (χ1v) is 7.59. The summed E-state index contributed by atoms with van der Waals surface area (Å²) in [5.41, 5.74) is 0. The molecule has 1 N–H and O–H groups in total. The third-order valence-corrected chi connectivity index (χ3v) is 5.76. The monoisotopic (exact) mass is 228 g/mol. The van der Waals surface area contributed by atoms with Crippen LogP contribution in [0.1, 0.15) is 39.5 Å². The average molecular weight is 228 g/mol. The van der Waals surface area contributed by atoms with Crippen LogP contribution in [-0.2, 0) is 0 Å². The number of hydrogen-bond acceptors (Lipinski definition) is 2. The van der Waals surface area contributed by atoms with Crippen LogP contribution in [0, 0.1) is 23.7 Å². The second kappa shape index (κ2) is 5.09. The Balaban J connectivity index is 1.87. The lowest BCUT2D eigenvalue weighted by Crippen LogP contribution is -2.34. The van der Waals surface area contributed by atoms with E-state index in [9.17, 15) is 5.11 Å². The van der Waals surface area contributed by atoms with Crippen LogP contribution in [0.5, 0.6) is 0 Å². The second-order valence-corrected chi connectivity index (χ2v) is 6.79. The zero-order valence-corrected chi connectivity index (χ0v) is 10.8. The molecule has 0 aromatic carbocycles. The molecule has 0 aromatic heterocycles. The molecule has 0 amide bonds. The van der Waals surface area contributed by atoms with Gasteiger partial charge in [0.2, 0.25) is 0 Å². The highest BCUT2D eigenvalue weighted by Crippen LogP contribution is 2.39. The largest absolute Gasteiger partial charge is 0.393 e. The van der Waals surface area contributed by atoms with E-state index in [1.54, 1.807) is 0 Å². The van der Waals surface area contributed by atoms with E-state index in [2.05, 4.69) is 13.8 Å². The topological polar surface area (TPSA) is 20.2 Å². The molecule has 1 aliphatic carbocycles. The third-order valence-electron chi connectivity index (χ3n) is 4.57. The first kappa shape index (κ1) is 11.8. The fourth-order valence-electron chi connectivity index (χ4n) is 3.11. The van der Waals surface area contributed by atoms with Crippen LogP contribution >= 0.6 is 11.8 Å². The van der Waals surface area contributed by atoms with Gasteiger partial charge in [0.15, 0.2) is 0 Å². The summed E-state index contributed by atoms with van der Waals surface area (Å²) in [6, 6.07) is 0. The molecule has 2 rings (SSSR count). The molecule has 5 unspecified atom stereocenters. The van der Waals surface area contributed by atoms with Gasteiger partial charge < -0.3 is 5.11 Å². The van der Waals surface area contributed by atoms with Crippen LogP contribution in [0.25, 0.3) is 0 Å². The Hall–Kier alpha value is 0.310. The second-order valence-electron chi connectivity index (χ2n) is 5.64. The van der Waals surface area contributed by atoms with Gasteiger partial charge in [0, 0.05) is 0 Å². The Bertz CT molecular complexity index is 201. The summed E-state index contributed by atoms with van der Waals surface area (Å²) in [6.07, 6.45) is 5.07. The summed E-state index contributed by atoms with van der Waals surface area (Å²) < 4.78 is 0. The van der Waals surface area contributed by atoms with Crippen molar-refractivity contribution in [3.63, 3.8) is 0 Å². The van der Waals surface area contributed by atoms with E-state index in [1.807, 2.05) is 11.8 Å². The number of aliphatic hydroxyl groups is 1. The van der Waals surface area contributed by atoms with E-state index in [-0.39, 0.29) is 6.10 Å². The van der Waals surface area contributed by atoms with E-state index in [0.29, 0.717) is 11.8 Å². The van der Waals surface area contributed by atoms with E-state index in [0.717, 1.165) is 11.8 Å². The summed E-state index contributed by atoms with van der Waals surface area (Å²) >= 11 is 2.02. The number of rotatable bonds is 2. The molecule has 5 atom stereocenters. The minimum Gasteiger partial charge on any atom is -0.393 e. The van der Waals surface area contributed by atoms with E-state index < -0.39 is 0 Å². The molecule has 1 saturated carbocycles. The van der Waals surface area contributed by atoms with Crippen molar-refractivity contribution in [2.75, 3.05) is 11.5 Å². The van der Waals surface area contributed by atoms with Crippen molar-refractivity contribution in [1.29, 1.82) is 0 Å². The summed E-state index contributed by atoms with van der Waals surface area (Å²) in [5.74, 6) is 5.33. The first-order chi connectivity index (χ1) is 7.18. The number of aliphatic hydroxyl groups excluding tert-OH is 1. The Morgan fingerprint density at radius 2 is 1.87 bits per heavy atom. The van der Waals surface area contributed by atoms with E-state index in [4.69, 9.17) is 0 Å². The van der Waals surface area contributed by atoms with Gasteiger partial charge in [0.1, 0.15) is 0 Å².